The minimum Gasteiger partial charge on any atom is -0.508 e. The Morgan fingerprint density at radius 1 is 1.09 bits per heavy atom. The zero-order valence-corrected chi connectivity index (χ0v) is 11.9. The van der Waals surface area contributed by atoms with Crippen molar-refractivity contribution in [1.29, 1.82) is 0 Å². The molecule has 0 aliphatic carbocycles. The predicted molar refractivity (Wildman–Crippen MR) is 84.8 cm³/mol. The lowest BCUT2D eigenvalue weighted by Gasteiger charge is -2.12. The van der Waals surface area contributed by atoms with E-state index in [1.54, 1.807) is 36.5 Å². The average molecular weight is 294 g/mol. The highest BCUT2D eigenvalue weighted by Crippen LogP contribution is 2.29. The van der Waals surface area contributed by atoms with Crippen LogP contribution in [0.5, 0.6) is 5.75 Å². The van der Waals surface area contributed by atoms with Crippen LogP contribution < -0.4 is 5.32 Å². The summed E-state index contributed by atoms with van der Waals surface area (Å²) < 4.78 is 0. The number of aromatic carboxylic acids is 1. The molecule has 0 bridgehead atoms. The molecule has 1 aromatic heterocycles. The van der Waals surface area contributed by atoms with Gasteiger partial charge in [-0.15, -0.1) is 0 Å². The summed E-state index contributed by atoms with van der Waals surface area (Å²) in [6.07, 6.45) is 1.66. The van der Waals surface area contributed by atoms with Gasteiger partial charge < -0.3 is 15.5 Å². The van der Waals surface area contributed by atoms with Crippen LogP contribution in [0.15, 0.2) is 48.7 Å². The summed E-state index contributed by atoms with van der Waals surface area (Å²) in [5.41, 5.74) is 3.37. The quantitative estimate of drug-likeness (QED) is 0.686. The number of benzene rings is 2. The highest BCUT2D eigenvalue weighted by molar-refractivity contribution is 5.99. The Bertz CT molecular complexity index is 875. The summed E-state index contributed by atoms with van der Waals surface area (Å²) in [7, 11) is 0. The topological polar surface area (TPSA) is 82.5 Å². The molecule has 0 saturated heterocycles. The number of aryl methyl sites for hydroxylation is 1. The number of nitrogens with one attached hydrogen (secondary N) is 1. The lowest BCUT2D eigenvalue weighted by atomic mass is 10.1. The van der Waals surface area contributed by atoms with E-state index in [4.69, 9.17) is 5.11 Å². The van der Waals surface area contributed by atoms with Gasteiger partial charge in [-0.2, -0.15) is 0 Å². The molecule has 0 amide bonds. The van der Waals surface area contributed by atoms with Crippen LogP contribution >= 0.6 is 0 Å². The first-order valence-corrected chi connectivity index (χ1v) is 6.73. The molecular formula is C17H14N2O3. The van der Waals surface area contributed by atoms with Crippen LogP contribution in [-0.2, 0) is 0 Å². The van der Waals surface area contributed by atoms with Gasteiger partial charge in [0.15, 0.2) is 0 Å². The first-order chi connectivity index (χ1) is 10.5. The van der Waals surface area contributed by atoms with Crippen molar-refractivity contribution in [3.63, 3.8) is 0 Å². The first kappa shape index (κ1) is 13.9. The Kier molecular flexibility index (Phi) is 3.39. The maximum atomic E-state index is 11.1. The summed E-state index contributed by atoms with van der Waals surface area (Å²) in [6, 6.07) is 11.6. The number of nitrogens with zero attached hydrogens (tertiary/aromatic N) is 1. The molecule has 22 heavy (non-hydrogen) atoms. The Hall–Kier alpha value is -3.08. The summed E-state index contributed by atoms with van der Waals surface area (Å²) in [5.74, 6) is -0.817. The van der Waals surface area contributed by atoms with Gasteiger partial charge in [-0.1, -0.05) is 6.07 Å². The zero-order valence-electron chi connectivity index (χ0n) is 11.9. The second-order valence-corrected chi connectivity index (χ2v) is 5.02. The van der Waals surface area contributed by atoms with Crippen LogP contribution in [0.1, 0.15) is 15.9 Å². The Labute approximate surface area is 126 Å². The number of pyridine rings is 1. The maximum Gasteiger partial charge on any atom is 0.335 e. The van der Waals surface area contributed by atoms with Crippen molar-refractivity contribution >= 4 is 28.2 Å². The maximum absolute atomic E-state index is 11.1. The molecule has 0 spiro atoms. The molecule has 0 fully saturated rings. The van der Waals surface area contributed by atoms with Crippen molar-refractivity contribution in [2.75, 3.05) is 5.32 Å². The third-order valence-corrected chi connectivity index (χ3v) is 3.48. The zero-order chi connectivity index (χ0) is 15.7. The van der Waals surface area contributed by atoms with Crippen LogP contribution in [0, 0.1) is 6.92 Å². The predicted octanol–water partition coefficient (Wildman–Crippen LogP) is 3.69. The fraction of sp³-hybridized carbons (Fsp3) is 0.0588. The fourth-order valence-corrected chi connectivity index (χ4v) is 2.28. The number of anilines is 2. The summed E-state index contributed by atoms with van der Waals surface area (Å²) >= 11 is 0. The molecule has 0 radical (unpaired) electrons. The highest BCUT2D eigenvalue weighted by atomic mass is 16.4. The largest absolute Gasteiger partial charge is 0.508 e. The smallest absolute Gasteiger partial charge is 0.335 e. The van der Waals surface area contributed by atoms with Crippen LogP contribution in [0.25, 0.3) is 10.9 Å². The Morgan fingerprint density at radius 3 is 2.68 bits per heavy atom. The monoisotopic (exact) mass is 294 g/mol. The van der Waals surface area contributed by atoms with Crippen molar-refractivity contribution in [2.45, 2.75) is 6.92 Å². The third kappa shape index (κ3) is 2.56. The number of fused-ring (bicyclic) bond motifs is 1. The molecule has 0 unspecified atom stereocenters. The van der Waals surface area contributed by atoms with Crippen molar-refractivity contribution in [3.05, 3.63) is 59.8 Å². The molecule has 3 aromatic rings. The number of carbonyl (C=O) groups is 1. The number of hydrogen-bond acceptors (Lipinski definition) is 4. The number of hydrogen-bond donors (Lipinski definition) is 3. The lowest BCUT2D eigenvalue weighted by molar-refractivity contribution is 0.0697. The molecule has 2 aromatic carbocycles. The van der Waals surface area contributed by atoms with E-state index in [1.165, 1.54) is 6.07 Å². The van der Waals surface area contributed by atoms with Gasteiger partial charge in [0.1, 0.15) is 5.75 Å². The molecule has 0 atom stereocenters. The fourth-order valence-electron chi connectivity index (χ4n) is 2.28. The van der Waals surface area contributed by atoms with Crippen LogP contribution in [-0.4, -0.2) is 21.2 Å². The molecule has 0 aliphatic rings. The van der Waals surface area contributed by atoms with E-state index < -0.39 is 5.97 Å². The van der Waals surface area contributed by atoms with E-state index in [-0.39, 0.29) is 11.3 Å². The van der Waals surface area contributed by atoms with Crippen molar-refractivity contribution in [3.8, 4) is 5.75 Å². The lowest BCUT2D eigenvalue weighted by Crippen LogP contribution is -1.98. The van der Waals surface area contributed by atoms with Gasteiger partial charge >= 0.3 is 5.97 Å². The van der Waals surface area contributed by atoms with E-state index in [9.17, 15) is 9.90 Å². The van der Waals surface area contributed by atoms with Gasteiger partial charge in [-0.05, 0) is 42.8 Å². The number of rotatable bonds is 3. The van der Waals surface area contributed by atoms with Gasteiger partial charge in [0.2, 0.25) is 0 Å². The van der Waals surface area contributed by atoms with Crippen molar-refractivity contribution in [1.82, 2.24) is 4.98 Å². The molecule has 3 rings (SSSR count). The minimum atomic E-state index is -0.981. The molecule has 5 heteroatoms. The molecule has 0 saturated carbocycles. The van der Waals surface area contributed by atoms with Gasteiger partial charge in [-0.25, -0.2) is 4.79 Å². The Balaban J connectivity index is 2.12. The van der Waals surface area contributed by atoms with Crippen molar-refractivity contribution in [2.24, 2.45) is 0 Å². The number of carboxylic acid groups (broad SMARTS) is 1. The summed E-state index contributed by atoms with van der Waals surface area (Å²) in [5, 5.41) is 22.7. The second kappa shape index (κ2) is 5.37. The molecule has 5 nitrogen and oxygen atoms in total. The number of carboxylic acids is 1. The standard InChI is InChI=1S/C17H14N2O3/c1-10-2-4-12(20)9-16(10)19-15-6-7-18-14-5-3-11(17(21)22)8-13(14)15/h2-9,20H,1H3,(H,18,19)(H,21,22). The van der Waals surface area contributed by atoms with Gasteiger partial charge in [0.25, 0.3) is 0 Å². The molecular weight excluding hydrogens is 280 g/mol. The normalized spacial score (nSPS) is 10.6. The van der Waals surface area contributed by atoms with E-state index in [2.05, 4.69) is 10.3 Å². The van der Waals surface area contributed by atoms with Crippen molar-refractivity contribution < 1.29 is 15.0 Å². The third-order valence-electron chi connectivity index (χ3n) is 3.48. The second-order valence-electron chi connectivity index (χ2n) is 5.02. The van der Waals surface area contributed by atoms with E-state index in [0.29, 0.717) is 10.9 Å². The summed E-state index contributed by atoms with van der Waals surface area (Å²) in [4.78, 5) is 15.4. The van der Waals surface area contributed by atoms with Crippen LogP contribution in [0.4, 0.5) is 11.4 Å². The Morgan fingerprint density at radius 2 is 1.91 bits per heavy atom. The number of aromatic nitrogens is 1. The van der Waals surface area contributed by atoms with Gasteiger partial charge in [0, 0.05) is 29.0 Å². The minimum absolute atomic E-state index is 0.165. The van der Waals surface area contributed by atoms with Crippen LogP contribution in [0.3, 0.4) is 0 Å². The SMILES string of the molecule is Cc1ccc(O)cc1Nc1ccnc2ccc(C(=O)O)cc12. The molecule has 110 valence electrons. The average Bonchev–Trinajstić information content (AvgIpc) is 2.50. The molecule has 1 heterocycles. The molecule has 0 aliphatic heterocycles. The van der Waals surface area contributed by atoms with E-state index in [0.717, 1.165) is 16.9 Å². The van der Waals surface area contributed by atoms with Gasteiger partial charge in [0.05, 0.1) is 11.1 Å². The number of aromatic hydroxyl groups is 1. The van der Waals surface area contributed by atoms with E-state index in [1.807, 2.05) is 13.0 Å². The van der Waals surface area contributed by atoms with Crippen LogP contribution in [0.2, 0.25) is 0 Å². The van der Waals surface area contributed by atoms with Gasteiger partial charge in [-0.3, -0.25) is 4.98 Å². The first-order valence-electron chi connectivity index (χ1n) is 6.73. The highest BCUT2D eigenvalue weighted by Gasteiger charge is 2.09. The number of phenolic OH excluding ortho intramolecular Hbond substituents is 1. The summed E-state index contributed by atoms with van der Waals surface area (Å²) in [6.45, 7) is 1.92. The number of phenols is 1. The molecule has 3 N–H and O–H groups in total. The van der Waals surface area contributed by atoms with E-state index >= 15 is 0 Å².